The van der Waals surface area contributed by atoms with Crippen LogP contribution < -0.4 is 19.7 Å². The average molecular weight is 650 g/mol. The summed E-state index contributed by atoms with van der Waals surface area (Å²) in [6.07, 6.45) is -8.47. The minimum atomic E-state index is -4.80. The highest BCUT2D eigenvalue weighted by molar-refractivity contribution is 7.92. The van der Waals surface area contributed by atoms with Crippen LogP contribution in [0.25, 0.3) is 0 Å². The molecule has 0 bridgehead atoms. The normalized spacial score (nSPS) is 14.1. The van der Waals surface area contributed by atoms with Crippen molar-refractivity contribution in [3.8, 4) is 5.75 Å². The van der Waals surface area contributed by atoms with Crippen LogP contribution in [0.4, 0.5) is 32.0 Å². The molecule has 1 aliphatic heterocycles. The average Bonchev–Trinajstić information content (AvgIpc) is 2.94. The molecule has 3 aromatic carbocycles. The van der Waals surface area contributed by atoms with Gasteiger partial charge in [-0.15, -0.1) is 0 Å². The lowest BCUT2D eigenvalue weighted by atomic mass is 9.99. The molecular formula is C27H22ClF6N3O5S. The number of nitrogens with zero attached hydrogens (tertiary/aromatic N) is 1. The molecule has 0 aliphatic carbocycles. The third kappa shape index (κ3) is 7.51. The van der Waals surface area contributed by atoms with Crippen LogP contribution in [0.5, 0.6) is 5.75 Å². The Hall–Kier alpha value is -3.98. The zero-order valence-electron chi connectivity index (χ0n) is 21.8. The predicted octanol–water partition coefficient (Wildman–Crippen LogP) is 5.33. The molecule has 0 saturated heterocycles. The van der Waals surface area contributed by atoms with Crippen molar-refractivity contribution in [2.75, 3.05) is 24.0 Å². The fourth-order valence-corrected chi connectivity index (χ4v) is 5.99. The quantitative estimate of drug-likeness (QED) is 0.305. The molecule has 0 spiro atoms. The lowest BCUT2D eigenvalue weighted by molar-refractivity contribution is -0.137. The molecule has 1 aliphatic rings. The van der Waals surface area contributed by atoms with Crippen LogP contribution >= 0.6 is 11.6 Å². The standard InChI is InChI=1S/C27H22ClF6N3O5S/c28-20-6-5-16(27(32,33)34)11-19(20)21(13-25(38)35-14-24(30)31)36-26(39)15-4-7-23-22(10-15)37(8-9-42-23)43(40,41)18-3-1-2-17(29)12-18/h1-7,10-12,21,24H,8-9,13-14H2,(H,35,38)(H,36,39)/t21-/m0/s1. The van der Waals surface area contributed by atoms with Gasteiger partial charge < -0.3 is 15.4 Å². The van der Waals surface area contributed by atoms with E-state index in [9.17, 15) is 44.3 Å². The minimum absolute atomic E-state index is 0.0586. The summed E-state index contributed by atoms with van der Waals surface area (Å²) in [5.41, 5.74) is -1.71. The van der Waals surface area contributed by atoms with E-state index < -0.39 is 64.8 Å². The first-order valence-electron chi connectivity index (χ1n) is 12.4. The highest BCUT2D eigenvalue weighted by Gasteiger charge is 2.34. The van der Waals surface area contributed by atoms with Gasteiger partial charge >= 0.3 is 6.18 Å². The van der Waals surface area contributed by atoms with Gasteiger partial charge in [0.2, 0.25) is 5.91 Å². The van der Waals surface area contributed by atoms with E-state index in [-0.39, 0.29) is 45.6 Å². The smallest absolute Gasteiger partial charge is 0.416 e. The van der Waals surface area contributed by atoms with Gasteiger partial charge in [0, 0.05) is 10.6 Å². The molecule has 2 amide bonds. The van der Waals surface area contributed by atoms with E-state index in [2.05, 4.69) is 5.32 Å². The second-order valence-corrected chi connectivity index (χ2v) is 11.5. The fourth-order valence-electron chi connectivity index (χ4n) is 4.25. The molecule has 0 unspecified atom stereocenters. The number of rotatable bonds is 9. The number of halogens is 7. The van der Waals surface area contributed by atoms with Gasteiger partial charge in [-0.25, -0.2) is 21.6 Å². The Morgan fingerprint density at radius 3 is 2.47 bits per heavy atom. The molecule has 0 saturated carbocycles. The SMILES string of the molecule is O=C(C[C@H](NC(=O)c1ccc2c(c1)N(S(=O)(=O)c1cccc(F)c1)CCO2)c1cc(C(F)(F)F)ccc1Cl)NCC(F)F. The van der Waals surface area contributed by atoms with E-state index in [1.54, 1.807) is 0 Å². The number of benzene rings is 3. The Bertz CT molecular complexity index is 1640. The summed E-state index contributed by atoms with van der Waals surface area (Å²) < 4.78 is 112. The van der Waals surface area contributed by atoms with Crippen LogP contribution in [-0.2, 0) is 21.0 Å². The summed E-state index contributed by atoms with van der Waals surface area (Å²) in [7, 11) is -4.32. The lowest BCUT2D eigenvalue weighted by Crippen LogP contribution is -2.38. The highest BCUT2D eigenvalue weighted by atomic mass is 35.5. The summed E-state index contributed by atoms with van der Waals surface area (Å²) in [5.74, 6) is -2.69. The topological polar surface area (TPSA) is 105 Å². The van der Waals surface area contributed by atoms with Crippen LogP contribution in [0.3, 0.4) is 0 Å². The van der Waals surface area contributed by atoms with E-state index in [1.807, 2.05) is 5.32 Å². The molecular weight excluding hydrogens is 628 g/mol. The Morgan fingerprint density at radius 1 is 1.05 bits per heavy atom. The van der Waals surface area contributed by atoms with Crippen molar-refractivity contribution in [1.82, 2.24) is 10.6 Å². The summed E-state index contributed by atoms with van der Waals surface area (Å²) in [6.45, 7) is -1.28. The maximum atomic E-state index is 13.8. The van der Waals surface area contributed by atoms with E-state index in [0.717, 1.165) is 28.6 Å². The number of carbonyl (C=O) groups excluding carboxylic acids is 2. The molecule has 16 heteroatoms. The van der Waals surface area contributed by atoms with Gasteiger partial charge in [0.1, 0.15) is 18.2 Å². The van der Waals surface area contributed by atoms with E-state index >= 15 is 0 Å². The Morgan fingerprint density at radius 2 is 1.79 bits per heavy atom. The van der Waals surface area contributed by atoms with Gasteiger partial charge in [-0.05, 0) is 60.2 Å². The summed E-state index contributed by atoms with van der Waals surface area (Å²) in [5, 5.41) is 4.07. The maximum Gasteiger partial charge on any atom is 0.416 e. The van der Waals surface area contributed by atoms with Crippen LogP contribution in [0, 0.1) is 5.82 Å². The molecule has 43 heavy (non-hydrogen) atoms. The van der Waals surface area contributed by atoms with Gasteiger partial charge in [-0.2, -0.15) is 13.2 Å². The second kappa shape index (κ2) is 12.7. The monoisotopic (exact) mass is 649 g/mol. The van der Waals surface area contributed by atoms with Crippen molar-refractivity contribution in [1.29, 1.82) is 0 Å². The molecule has 0 fully saturated rings. The predicted molar refractivity (Wildman–Crippen MR) is 143 cm³/mol. The molecule has 3 aromatic rings. The van der Waals surface area contributed by atoms with Crippen LogP contribution in [0.2, 0.25) is 5.02 Å². The molecule has 0 aromatic heterocycles. The second-order valence-electron chi connectivity index (χ2n) is 9.22. The molecule has 8 nitrogen and oxygen atoms in total. The fraction of sp³-hybridized carbons (Fsp3) is 0.259. The van der Waals surface area contributed by atoms with Crippen molar-refractivity contribution in [2.45, 2.75) is 30.0 Å². The molecule has 2 N–H and O–H groups in total. The van der Waals surface area contributed by atoms with Gasteiger partial charge in [0.15, 0.2) is 0 Å². The van der Waals surface area contributed by atoms with Crippen molar-refractivity contribution in [2.24, 2.45) is 0 Å². The Balaban J connectivity index is 1.68. The summed E-state index contributed by atoms with van der Waals surface area (Å²) in [4.78, 5) is 25.4. The van der Waals surface area contributed by atoms with Crippen molar-refractivity contribution < 1.29 is 49.1 Å². The molecule has 4 rings (SSSR count). The Labute approximate surface area is 246 Å². The zero-order valence-corrected chi connectivity index (χ0v) is 23.4. The lowest BCUT2D eigenvalue weighted by Gasteiger charge is -2.31. The minimum Gasteiger partial charge on any atom is -0.489 e. The van der Waals surface area contributed by atoms with Crippen molar-refractivity contribution >= 4 is 39.1 Å². The maximum absolute atomic E-state index is 13.8. The van der Waals surface area contributed by atoms with E-state index in [0.29, 0.717) is 12.1 Å². The molecule has 0 radical (unpaired) electrons. The van der Waals surface area contributed by atoms with Gasteiger partial charge in [-0.3, -0.25) is 13.9 Å². The van der Waals surface area contributed by atoms with Crippen LogP contribution in [0.1, 0.15) is 33.9 Å². The number of anilines is 1. The van der Waals surface area contributed by atoms with Crippen LogP contribution in [0.15, 0.2) is 65.6 Å². The number of hydrogen-bond donors (Lipinski definition) is 2. The number of hydrogen-bond acceptors (Lipinski definition) is 5. The summed E-state index contributed by atoms with van der Waals surface area (Å²) >= 11 is 6.13. The number of alkyl halides is 5. The summed E-state index contributed by atoms with van der Waals surface area (Å²) in [6, 6.07) is 8.69. The number of fused-ring (bicyclic) bond motifs is 1. The molecule has 230 valence electrons. The number of carbonyl (C=O) groups is 2. The zero-order chi connectivity index (χ0) is 31.5. The first kappa shape index (κ1) is 31.9. The van der Waals surface area contributed by atoms with Crippen molar-refractivity contribution in [3.05, 3.63) is 88.2 Å². The van der Waals surface area contributed by atoms with Crippen molar-refractivity contribution in [3.63, 3.8) is 0 Å². The molecule has 1 heterocycles. The number of sulfonamides is 1. The third-order valence-electron chi connectivity index (χ3n) is 6.27. The first-order chi connectivity index (χ1) is 20.2. The van der Waals surface area contributed by atoms with E-state index in [4.69, 9.17) is 16.3 Å². The number of amides is 2. The highest BCUT2D eigenvalue weighted by Crippen LogP contribution is 2.37. The van der Waals surface area contributed by atoms with Crippen LogP contribution in [-0.4, -0.2) is 46.4 Å². The largest absolute Gasteiger partial charge is 0.489 e. The Kier molecular flexibility index (Phi) is 9.44. The number of nitrogens with one attached hydrogen (secondary N) is 2. The van der Waals surface area contributed by atoms with Gasteiger partial charge in [0.05, 0.1) is 41.7 Å². The van der Waals surface area contributed by atoms with Gasteiger partial charge in [-0.1, -0.05) is 17.7 Å². The molecule has 1 atom stereocenters. The van der Waals surface area contributed by atoms with Gasteiger partial charge in [0.25, 0.3) is 22.4 Å². The first-order valence-corrected chi connectivity index (χ1v) is 14.3. The number of ether oxygens (including phenoxy) is 1. The van der Waals surface area contributed by atoms with E-state index in [1.165, 1.54) is 24.3 Å². The third-order valence-corrected chi connectivity index (χ3v) is 8.43.